The standard InChI is InChI=1S/C21H25BrF3N5O2/c1-11-8-15-13(10-29(11)19(31)27-14-5-7-26-18(22)16(14)23)17-21(24,25)6-4-12(20(2,3)32)9-30(17)28-15/h5,7,11-12,32H,4,6,8-10H2,1-3H3,(H,26,27,31)/t11-,12-/m1/s1. The molecule has 174 valence electrons. The summed E-state index contributed by atoms with van der Waals surface area (Å²) in [5.41, 5.74) is -0.503. The normalized spacial score (nSPS) is 22.7. The number of aliphatic hydroxyl groups is 1. The minimum Gasteiger partial charge on any atom is -0.390 e. The molecular weight excluding hydrogens is 491 g/mol. The summed E-state index contributed by atoms with van der Waals surface area (Å²) in [5, 5.41) is 17.4. The highest BCUT2D eigenvalue weighted by Crippen LogP contribution is 2.44. The van der Waals surface area contributed by atoms with E-state index in [2.05, 4.69) is 31.3 Å². The van der Waals surface area contributed by atoms with Crippen LogP contribution in [0.15, 0.2) is 16.9 Å². The van der Waals surface area contributed by atoms with Gasteiger partial charge in [-0.15, -0.1) is 0 Å². The van der Waals surface area contributed by atoms with Gasteiger partial charge in [-0.1, -0.05) is 0 Å². The van der Waals surface area contributed by atoms with Crippen LogP contribution in [0.3, 0.4) is 0 Å². The molecule has 11 heteroatoms. The molecule has 2 aliphatic heterocycles. The predicted molar refractivity (Wildman–Crippen MR) is 115 cm³/mol. The maximum Gasteiger partial charge on any atom is 0.322 e. The summed E-state index contributed by atoms with van der Waals surface area (Å²) < 4.78 is 45.9. The highest BCUT2D eigenvalue weighted by molar-refractivity contribution is 9.10. The fraction of sp³-hybridized carbons (Fsp3) is 0.571. The van der Waals surface area contributed by atoms with Crippen molar-refractivity contribution >= 4 is 27.6 Å². The molecule has 0 spiro atoms. The smallest absolute Gasteiger partial charge is 0.322 e. The van der Waals surface area contributed by atoms with E-state index in [4.69, 9.17) is 0 Å². The number of fused-ring (bicyclic) bond motifs is 3. The number of carbonyl (C=O) groups excluding carboxylic acids is 1. The van der Waals surface area contributed by atoms with Crippen LogP contribution in [0.1, 0.15) is 50.6 Å². The van der Waals surface area contributed by atoms with E-state index in [1.54, 1.807) is 20.8 Å². The van der Waals surface area contributed by atoms with Crippen LogP contribution in [0, 0.1) is 11.7 Å². The van der Waals surface area contributed by atoms with E-state index in [0.29, 0.717) is 17.7 Å². The molecule has 2 N–H and O–H groups in total. The Morgan fingerprint density at radius 2 is 2.12 bits per heavy atom. The van der Waals surface area contributed by atoms with Gasteiger partial charge in [-0.3, -0.25) is 4.68 Å². The van der Waals surface area contributed by atoms with Crippen LogP contribution >= 0.6 is 15.9 Å². The zero-order chi connectivity index (χ0) is 23.4. The zero-order valence-electron chi connectivity index (χ0n) is 18.0. The number of hydrogen-bond acceptors (Lipinski definition) is 4. The van der Waals surface area contributed by atoms with Gasteiger partial charge in [-0.2, -0.15) is 13.9 Å². The number of carbonyl (C=O) groups is 1. The molecular formula is C21H25BrF3N5O2. The maximum absolute atomic E-state index is 15.2. The molecule has 0 aliphatic carbocycles. The average molecular weight is 516 g/mol. The quantitative estimate of drug-likeness (QED) is 0.579. The topological polar surface area (TPSA) is 83.3 Å². The first-order chi connectivity index (χ1) is 14.9. The molecule has 0 aromatic carbocycles. The van der Waals surface area contributed by atoms with Crippen molar-refractivity contribution in [1.29, 1.82) is 0 Å². The number of hydrogen-bond donors (Lipinski definition) is 2. The Balaban J connectivity index is 1.65. The van der Waals surface area contributed by atoms with Crippen molar-refractivity contribution < 1.29 is 23.1 Å². The number of nitrogens with one attached hydrogen (secondary N) is 1. The molecule has 4 rings (SSSR count). The SMILES string of the molecule is C[C@@H]1Cc2nn3c(c2CN1C(=O)Nc1ccnc(Br)c1F)C(F)(F)CC[C@@H](C(C)(C)O)C3. The van der Waals surface area contributed by atoms with Crippen molar-refractivity contribution in [3.05, 3.63) is 39.6 Å². The van der Waals surface area contributed by atoms with E-state index in [1.165, 1.54) is 21.8 Å². The molecule has 0 fully saturated rings. The van der Waals surface area contributed by atoms with Gasteiger partial charge in [-0.25, -0.2) is 14.2 Å². The Hall–Kier alpha value is -2.14. The van der Waals surface area contributed by atoms with Gasteiger partial charge >= 0.3 is 6.03 Å². The average Bonchev–Trinajstić information content (AvgIpc) is 2.97. The van der Waals surface area contributed by atoms with E-state index in [1.807, 2.05) is 0 Å². The Morgan fingerprint density at radius 3 is 2.81 bits per heavy atom. The summed E-state index contributed by atoms with van der Waals surface area (Å²) in [5.74, 6) is -4.22. The molecule has 2 amide bonds. The molecule has 7 nitrogen and oxygen atoms in total. The number of urea groups is 1. The van der Waals surface area contributed by atoms with Gasteiger partial charge in [0.2, 0.25) is 0 Å². The molecule has 2 aliphatic rings. The lowest BCUT2D eigenvalue weighted by Crippen LogP contribution is -2.45. The number of rotatable bonds is 2. The second-order valence-electron chi connectivity index (χ2n) is 9.12. The number of aromatic nitrogens is 3. The van der Waals surface area contributed by atoms with Gasteiger partial charge in [0.05, 0.1) is 23.5 Å². The fourth-order valence-corrected chi connectivity index (χ4v) is 4.79. The van der Waals surface area contributed by atoms with Gasteiger partial charge in [0.15, 0.2) is 5.82 Å². The Kier molecular flexibility index (Phi) is 5.77. The van der Waals surface area contributed by atoms with Crippen LogP contribution in [-0.2, 0) is 25.4 Å². The summed E-state index contributed by atoms with van der Waals surface area (Å²) in [6, 6.07) is 0.412. The largest absolute Gasteiger partial charge is 0.390 e. The number of anilines is 1. The lowest BCUT2D eigenvalue weighted by atomic mass is 9.86. The van der Waals surface area contributed by atoms with Gasteiger partial charge in [-0.05, 0) is 49.2 Å². The van der Waals surface area contributed by atoms with Crippen molar-refractivity contribution in [3.63, 3.8) is 0 Å². The van der Waals surface area contributed by atoms with Crippen LogP contribution in [-0.4, -0.2) is 42.4 Å². The Labute approximate surface area is 192 Å². The van der Waals surface area contributed by atoms with E-state index < -0.39 is 29.8 Å². The van der Waals surface area contributed by atoms with Crippen molar-refractivity contribution in [1.82, 2.24) is 19.7 Å². The van der Waals surface area contributed by atoms with Crippen LogP contribution in [0.4, 0.5) is 23.7 Å². The van der Waals surface area contributed by atoms with E-state index >= 15 is 8.78 Å². The highest BCUT2D eigenvalue weighted by atomic mass is 79.9. The summed E-state index contributed by atoms with van der Waals surface area (Å²) in [6.45, 7) is 5.15. The third-order valence-electron chi connectivity index (χ3n) is 6.38. The van der Waals surface area contributed by atoms with Gasteiger partial charge in [0.25, 0.3) is 5.92 Å². The Bertz CT molecular complexity index is 1050. The molecule has 0 unspecified atom stereocenters. The summed E-state index contributed by atoms with van der Waals surface area (Å²) in [4.78, 5) is 18.1. The molecule has 0 radical (unpaired) electrons. The number of halogens is 4. The van der Waals surface area contributed by atoms with E-state index in [9.17, 15) is 14.3 Å². The molecule has 0 bridgehead atoms. The monoisotopic (exact) mass is 515 g/mol. The van der Waals surface area contributed by atoms with Crippen LogP contribution in [0.25, 0.3) is 0 Å². The van der Waals surface area contributed by atoms with Gasteiger partial charge < -0.3 is 15.3 Å². The molecule has 0 saturated carbocycles. The minimum absolute atomic E-state index is 0.0350. The first-order valence-corrected chi connectivity index (χ1v) is 11.2. The van der Waals surface area contributed by atoms with Crippen LogP contribution in [0.5, 0.6) is 0 Å². The second kappa shape index (κ2) is 8.02. The molecule has 2 atom stereocenters. The lowest BCUT2D eigenvalue weighted by Gasteiger charge is -2.33. The molecule has 2 aromatic rings. The van der Waals surface area contributed by atoms with Gasteiger partial charge in [0, 0.05) is 43.1 Å². The molecule has 4 heterocycles. The molecule has 2 aromatic heterocycles. The number of nitrogens with zero attached hydrogens (tertiary/aromatic N) is 4. The highest BCUT2D eigenvalue weighted by Gasteiger charge is 2.46. The van der Waals surface area contributed by atoms with Crippen molar-refractivity contribution in [3.8, 4) is 0 Å². The van der Waals surface area contributed by atoms with E-state index in [0.717, 1.165) is 0 Å². The first kappa shape index (κ1) is 23.0. The van der Waals surface area contributed by atoms with Crippen LogP contribution < -0.4 is 5.32 Å². The second-order valence-corrected chi connectivity index (χ2v) is 9.88. The number of alkyl halides is 2. The first-order valence-electron chi connectivity index (χ1n) is 10.5. The maximum atomic E-state index is 15.2. The van der Waals surface area contributed by atoms with Gasteiger partial charge in [0.1, 0.15) is 10.3 Å². The predicted octanol–water partition coefficient (Wildman–Crippen LogP) is 4.43. The van der Waals surface area contributed by atoms with Crippen molar-refractivity contribution in [2.45, 2.75) is 70.7 Å². The summed E-state index contributed by atoms with van der Waals surface area (Å²) in [7, 11) is 0. The minimum atomic E-state index is -3.13. The fourth-order valence-electron chi connectivity index (χ4n) is 4.46. The van der Waals surface area contributed by atoms with Crippen LogP contribution in [0.2, 0.25) is 0 Å². The van der Waals surface area contributed by atoms with Crippen molar-refractivity contribution in [2.24, 2.45) is 5.92 Å². The zero-order valence-corrected chi connectivity index (χ0v) is 19.6. The Morgan fingerprint density at radius 1 is 1.41 bits per heavy atom. The number of amides is 2. The summed E-state index contributed by atoms with van der Waals surface area (Å²) in [6.07, 6.45) is 1.40. The van der Waals surface area contributed by atoms with Crippen molar-refractivity contribution in [2.75, 3.05) is 5.32 Å². The third kappa shape index (κ3) is 4.12. The number of pyridine rings is 1. The van der Waals surface area contributed by atoms with E-state index in [-0.39, 0.29) is 47.5 Å². The molecule has 0 saturated heterocycles. The summed E-state index contributed by atoms with van der Waals surface area (Å²) >= 11 is 2.98. The lowest BCUT2D eigenvalue weighted by molar-refractivity contribution is -0.0336. The third-order valence-corrected chi connectivity index (χ3v) is 6.93. The molecule has 32 heavy (non-hydrogen) atoms.